The minimum Gasteiger partial charge on any atom is -0.376 e. The van der Waals surface area contributed by atoms with Crippen LogP contribution in [0.4, 0.5) is 5.82 Å². The van der Waals surface area contributed by atoms with Gasteiger partial charge in [0.1, 0.15) is 5.82 Å². The van der Waals surface area contributed by atoms with Crippen LogP contribution in [0.25, 0.3) is 21.9 Å². The first-order valence-corrected chi connectivity index (χ1v) is 8.70. The molecule has 0 bridgehead atoms. The summed E-state index contributed by atoms with van der Waals surface area (Å²) in [6.45, 7) is 4.58. The number of morpholine rings is 1. The summed E-state index contributed by atoms with van der Waals surface area (Å²) in [7, 11) is 0. The van der Waals surface area contributed by atoms with Crippen LogP contribution < -0.4 is 5.32 Å². The van der Waals surface area contributed by atoms with E-state index in [0.29, 0.717) is 19.0 Å². The maximum atomic E-state index is 12.3. The molecule has 7 nitrogen and oxygen atoms in total. The van der Waals surface area contributed by atoms with Crippen molar-refractivity contribution in [1.29, 1.82) is 0 Å². The van der Waals surface area contributed by atoms with Gasteiger partial charge in [0.25, 0.3) is 0 Å². The van der Waals surface area contributed by atoms with E-state index in [1.165, 1.54) is 0 Å². The van der Waals surface area contributed by atoms with Gasteiger partial charge in [0.05, 0.1) is 25.5 Å². The van der Waals surface area contributed by atoms with Crippen LogP contribution >= 0.6 is 0 Å². The Morgan fingerprint density at radius 3 is 3.04 bits per heavy atom. The van der Waals surface area contributed by atoms with Gasteiger partial charge in [0.15, 0.2) is 0 Å². The number of carbonyl (C=O) groups is 1. The highest BCUT2D eigenvalue weighted by Crippen LogP contribution is 2.24. The summed E-state index contributed by atoms with van der Waals surface area (Å²) in [6, 6.07) is 8.03. The van der Waals surface area contributed by atoms with Crippen LogP contribution in [0.3, 0.4) is 0 Å². The van der Waals surface area contributed by atoms with E-state index in [1.54, 1.807) is 12.4 Å². The highest BCUT2D eigenvalue weighted by molar-refractivity contribution is 5.94. The second-order valence-electron chi connectivity index (χ2n) is 6.58. The highest BCUT2D eigenvalue weighted by atomic mass is 16.5. The molecule has 1 aliphatic rings. The summed E-state index contributed by atoms with van der Waals surface area (Å²) >= 11 is 0. The van der Waals surface area contributed by atoms with Crippen LogP contribution in [0.5, 0.6) is 0 Å². The van der Waals surface area contributed by atoms with Crippen molar-refractivity contribution in [2.45, 2.75) is 13.0 Å². The molecule has 3 heterocycles. The molecule has 1 amide bonds. The smallest absolute Gasteiger partial charge is 0.239 e. The minimum atomic E-state index is -0.0584. The first-order chi connectivity index (χ1) is 12.7. The second kappa shape index (κ2) is 7.23. The third-order valence-corrected chi connectivity index (χ3v) is 4.51. The van der Waals surface area contributed by atoms with Crippen molar-refractivity contribution in [3.63, 3.8) is 0 Å². The highest BCUT2D eigenvalue weighted by Gasteiger charge is 2.19. The Balaban J connectivity index is 1.48. The number of ether oxygens (including phenoxy) is 1. The molecule has 1 fully saturated rings. The number of hydrogen-bond acceptors (Lipinski definition) is 5. The van der Waals surface area contributed by atoms with Gasteiger partial charge in [0, 0.05) is 36.4 Å². The predicted molar refractivity (Wildman–Crippen MR) is 99.8 cm³/mol. The minimum absolute atomic E-state index is 0.0584. The first-order valence-electron chi connectivity index (χ1n) is 8.70. The average Bonchev–Trinajstić information content (AvgIpc) is 3.15. The normalized spacial score (nSPS) is 18.1. The molecule has 1 aromatic carbocycles. The van der Waals surface area contributed by atoms with Gasteiger partial charge < -0.3 is 10.1 Å². The molecular formula is C19H21N5O2. The Morgan fingerprint density at radius 2 is 2.23 bits per heavy atom. The maximum absolute atomic E-state index is 12.3. The van der Waals surface area contributed by atoms with E-state index < -0.39 is 0 Å². The zero-order chi connectivity index (χ0) is 17.9. The van der Waals surface area contributed by atoms with Crippen LogP contribution in [0.15, 0.2) is 42.9 Å². The van der Waals surface area contributed by atoms with Crippen LogP contribution in [-0.2, 0) is 9.53 Å². The Labute approximate surface area is 151 Å². The maximum Gasteiger partial charge on any atom is 0.239 e. The molecule has 0 saturated carbocycles. The number of benzene rings is 1. The Hall–Kier alpha value is -2.77. The summed E-state index contributed by atoms with van der Waals surface area (Å²) in [5, 5.41) is 11.8. The zero-order valence-corrected chi connectivity index (χ0v) is 14.6. The van der Waals surface area contributed by atoms with Crippen LogP contribution in [0, 0.1) is 0 Å². The molecule has 1 atom stereocenters. The fraction of sp³-hybridized carbons (Fsp3) is 0.316. The third kappa shape index (κ3) is 3.74. The van der Waals surface area contributed by atoms with E-state index in [9.17, 15) is 4.79 Å². The molecule has 2 N–H and O–H groups in total. The summed E-state index contributed by atoms with van der Waals surface area (Å²) in [5.41, 5.74) is 2.09. The molecule has 1 aliphatic heterocycles. The second-order valence-corrected chi connectivity index (χ2v) is 6.58. The fourth-order valence-corrected chi connectivity index (χ4v) is 3.22. The predicted octanol–water partition coefficient (Wildman–Crippen LogP) is 2.28. The van der Waals surface area contributed by atoms with Gasteiger partial charge in [-0.1, -0.05) is 12.1 Å². The van der Waals surface area contributed by atoms with Crippen LogP contribution in [0.1, 0.15) is 6.92 Å². The molecule has 3 aromatic rings. The molecule has 7 heteroatoms. The molecule has 4 rings (SSSR count). The van der Waals surface area contributed by atoms with Gasteiger partial charge in [-0.05, 0) is 30.0 Å². The van der Waals surface area contributed by atoms with E-state index in [4.69, 9.17) is 4.74 Å². The average molecular weight is 351 g/mol. The number of rotatable bonds is 4. The van der Waals surface area contributed by atoms with Gasteiger partial charge in [-0.25, -0.2) is 4.98 Å². The largest absolute Gasteiger partial charge is 0.376 e. The molecule has 0 aliphatic carbocycles. The number of carbonyl (C=O) groups excluding carboxylic acids is 1. The fourth-order valence-electron chi connectivity index (χ4n) is 3.22. The molecule has 0 radical (unpaired) electrons. The van der Waals surface area contributed by atoms with Gasteiger partial charge in [-0.3, -0.25) is 14.8 Å². The van der Waals surface area contributed by atoms with Crippen molar-refractivity contribution in [3.05, 3.63) is 42.9 Å². The Morgan fingerprint density at radius 1 is 1.31 bits per heavy atom. The van der Waals surface area contributed by atoms with E-state index in [-0.39, 0.29) is 12.0 Å². The number of H-pyrrole nitrogens is 1. The molecule has 2 aromatic heterocycles. The lowest BCUT2D eigenvalue weighted by Gasteiger charge is -2.30. The molecule has 1 saturated heterocycles. The molecule has 0 spiro atoms. The van der Waals surface area contributed by atoms with Gasteiger partial charge in [-0.15, -0.1) is 0 Å². The quantitative estimate of drug-likeness (QED) is 0.753. The van der Waals surface area contributed by atoms with Crippen molar-refractivity contribution in [1.82, 2.24) is 20.1 Å². The number of nitrogens with one attached hydrogen (secondary N) is 2. The number of aromatic nitrogens is 3. The van der Waals surface area contributed by atoms with E-state index in [2.05, 4.69) is 31.5 Å². The standard InChI is InChI=1S/C19H21N5O2/c1-13-11-24(4-5-26-13)12-19(25)23-18-7-16-6-14(17-9-21-22-10-17)2-3-15(16)8-20-18/h2-3,6-10,13H,4-5,11-12H2,1H3,(H,21,22)(H,20,23,25). The monoisotopic (exact) mass is 351 g/mol. The lowest BCUT2D eigenvalue weighted by atomic mass is 10.1. The number of nitrogens with zero attached hydrogens (tertiary/aromatic N) is 3. The van der Waals surface area contributed by atoms with Gasteiger partial charge in [0.2, 0.25) is 5.91 Å². The number of anilines is 1. The Bertz CT molecular complexity index is 909. The summed E-state index contributed by atoms with van der Waals surface area (Å²) in [5.74, 6) is 0.505. The molecule has 1 unspecified atom stereocenters. The summed E-state index contributed by atoms with van der Waals surface area (Å²) in [4.78, 5) is 18.8. The number of aromatic amines is 1. The van der Waals surface area contributed by atoms with Crippen molar-refractivity contribution in [2.75, 3.05) is 31.6 Å². The van der Waals surface area contributed by atoms with Crippen molar-refractivity contribution < 1.29 is 9.53 Å². The van der Waals surface area contributed by atoms with E-state index in [0.717, 1.165) is 35.0 Å². The van der Waals surface area contributed by atoms with Crippen molar-refractivity contribution in [2.24, 2.45) is 0 Å². The summed E-state index contributed by atoms with van der Waals surface area (Å²) < 4.78 is 5.51. The zero-order valence-electron chi connectivity index (χ0n) is 14.6. The van der Waals surface area contributed by atoms with Crippen molar-refractivity contribution >= 4 is 22.5 Å². The summed E-state index contributed by atoms with van der Waals surface area (Å²) in [6.07, 6.45) is 5.58. The van der Waals surface area contributed by atoms with Gasteiger partial charge >= 0.3 is 0 Å². The molecule has 134 valence electrons. The van der Waals surface area contributed by atoms with Crippen LogP contribution in [-0.4, -0.2) is 58.3 Å². The number of fused-ring (bicyclic) bond motifs is 1. The van der Waals surface area contributed by atoms with Crippen molar-refractivity contribution in [3.8, 4) is 11.1 Å². The van der Waals surface area contributed by atoms with E-state index >= 15 is 0 Å². The molecule has 26 heavy (non-hydrogen) atoms. The number of hydrogen-bond donors (Lipinski definition) is 2. The lowest BCUT2D eigenvalue weighted by Crippen LogP contribution is -2.44. The first kappa shape index (κ1) is 16.7. The van der Waals surface area contributed by atoms with Gasteiger partial charge in [-0.2, -0.15) is 5.10 Å². The van der Waals surface area contributed by atoms with Crippen LogP contribution in [0.2, 0.25) is 0 Å². The Kier molecular flexibility index (Phi) is 4.64. The third-order valence-electron chi connectivity index (χ3n) is 4.51. The lowest BCUT2D eigenvalue weighted by molar-refractivity contribution is -0.119. The number of pyridine rings is 1. The number of amides is 1. The molecular weight excluding hydrogens is 330 g/mol. The topological polar surface area (TPSA) is 83.1 Å². The SMILES string of the molecule is CC1CN(CC(=O)Nc2cc3cc(-c4cn[nH]c4)ccc3cn2)CCO1. The van der Waals surface area contributed by atoms with E-state index in [1.807, 2.05) is 31.3 Å².